The van der Waals surface area contributed by atoms with E-state index in [1.807, 2.05) is 0 Å². The summed E-state index contributed by atoms with van der Waals surface area (Å²) in [7, 11) is 1.33. The van der Waals surface area contributed by atoms with Crippen LogP contribution in [-0.4, -0.2) is 25.5 Å². The number of thiophene rings is 1. The summed E-state index contributed by atoms with van der Waals surface area (Å²) in [5.41, 5.74) is 1.96. The summed E-state index contributed by atoms with van der Waals surface area (Å²) in [6.07, 6.45) is 3.77. The molecule has 0 saturated carbocycles. The maximum absolute atomic E-state index is 13.4. The summed E-state index contributed by atoms with van der Waals surface area (Å²) in [6, 6.07) is 3.28. The number of hydrogen-bond acceptors (Lipinski definition) is 5. The highest BCUT2D eigenvalue weighted by Gasteiger charge is 2.26. The molecule has 0 spiro atoms. The van der Waals surface area contributed by atoms with E-state index in [-0.39, 0.29) is 18.5 Å². The van der Waals surface area contributed by atoms with Gasteiger partial charge in [-0.15, -0.1) is 11.3 Å². The van der Waals surface area contributed by atoms with Gasteiger partial charge in [0.25, 0.3) is 0 Å². The first-order chi connectivity index (χ1) is 13.4. The van der Waals surface area contributed by atoms with Crippen LogP contribution in [0.2, 0.25) is 0 Å². The number of aryl methyl sites for hydroxylation is 1. The van der Waals surface area contributed by atoms with Gasteiger partial charge >= 0.3 is 5.97 Å². The zero-order valence-corrected chi connectivity index (χ0v) is 16.6. The van der Waals surface area contributed by atoms with E-state index in [0.717, 1.165) is 48.3 Å². The fraction of sp³-hybridized carbons (Fsp3) is 0.400. The van der Waals surface area contributed by atoms with Gasteiger partial charge in [-0.3, -0.25) is 4.79 Å². The van der Waals surface area contributed by atoms with Crippen LogP contribution in [0.4, 0.5) is 13.8 Å². The maximum Gasteiger partial charge on any atom is 0.341 e. The third kappa shape index (κ3) is 4.39. The van der Waals surface area contributed by atoms with Gasteiger partial charge in [-0.2, -0.15) is 0 Å². The summed E-state index contributed by atoms with van der Waals surface area (Å²) < 4.78 is 31.3. The molecular formula is C20H22F2N2O3S. The van der Waals surface area contributed by atoms with Gasteiger partial charge in [-0.25, -0.2) is 13.6 Å². The minimum atomic E-state index is -0.928. The van der Waals surface area contributed by atoms with Crippen molar-refractivity contribution in [2.45, 2.75) is 38.6 Å². The largest absolute Gasteiger partial charge is 0.465 e. The van der Waals surface area contributed by atoms with Crippen molar-refractivity contribution in [2.24, 2.45) is 0 Å². The molecule has 0 aliphatic heterocycles. The number of anilines is 1. The summed E-state index contributed by atoms with van der Waals surface area (Å²) in [4.78, 5) is 25.7. The summed E-state index contributed by atoms with van der Waals surface area (Å²) in [5.74, 6) is -2.61. The molecule has 0 saturated heterocycles. The Kier molecular flexibility index (Phi) is 6.41. The summed E-state index contributed by atoms with van der Waals surface area (Å²) in [5, 5.41) is 6.28. The number of benzene rings is 1. The Bertz CT molecular complexity index is 898. The summed E-state index contributed by atoms with van der Waals surface area (Å²) in [6.45, 7) is 1.72. The van der Waals surface area contributed by atoms with Crippen LogP contribution >= 0.6 is 11.3 Å². The van der Waals surface area contributed by atoms with Crippen molar-refractivity contribution < 1.29 is 23.1 Å². The second kappa shape index (κ2) is 8.79. The molecule has 2 aromatic rings. The molecule has 0 bridgehead atoms. The zero-order chi connectivity index (χ0) is 20.3. The predicted octanol–water partition coefficient (Wildman–Crippen LogP) is 3.98. The molecule has 0 unspecified atom stereocenters. The van der Waals surface area contributed by atoms with E-state index in [2.05, 4.69) is 10.6 Å². The number of esters is 1. The standard InChI is InChI=1S/C20H22F2N2O3S/c1-11(12-7-8-14(21)15(22)9-12)23-10-17(25)24-19-18(20(26)27-2)13-5-3-4-6-16(13)28-19/h7-9,11,23H,3-6,10H2,1-2H3,(H,24,25)/t11-/m0/s1. The highest BCUT2D eigenvalue weighted by atomic mass is 32.1. The molecule has 0 radical (unpaired) electrons. The molecule has 1 amide bonds. The van der Waals surface area contributed by atoms with Crippen LogP contribution in [0.25, 0.3) is 0 Å². The van der Waals surface area contributed by atoms with Gasteiger partial charge < -0.3 is 15.4 Å². The summed E-state index contributed by atoms with van der Waals surface area (Å²) >= 11 is 1.42. The van der Waals surface area contributed by atoms with Gasteiger partial charge in [0.2, 0.25) is 5.91 Å². The van der Waals surface area contributed by atoms with E-state index < -0.39 is 17.6 Å². The molecule has 28 heavy (non-hydrogen) atoms. The van der Waals surface area contributed by atoms with E-state index in [9.17, 15) is 18.4 Å². The number of fused-ring (bicyclic) bond motifs is 1. The van der Waals surface area contributed by atoms with E-state index in [1.165, 1.54) is 24.5 Å². The quantitative estimate of drug-likeness (QED) is 0.710. The van der Waals surface area contributed by atoms with Gasteiger partial charge in [0.15, 0.2) is 11.6 Å². The molecule has 1 aromatic carbocycles. The molecule has 1 heterocycles. The Morgan fingerprint density at radius 1 is 1.21 bits per heavy atom. The van der Waals surface area contributed by atoms with Crippen molar-refractivity contribution in [3.8, 4) is 0 Å². The van der Waals surface area contributed by atoms with Crippen molar-refractivity contribution in [2.75, 3.05) is 19.0 Å². The average molecular weight is 408 g/mol. The van der Waals surface area contributed by atoms with Gasteiger partial charge in [0.05, 0.1) is 19.2 Å². The Labute approximate surface area is 166 Å². The maximum atomic E-state index is 13.4. The van der Waals surface area contributed by atoms with Crippen molar-refractivity contribution in [3.63, 3.8) is 0 Å². The Balaban J connectivity index is 1.67. The van der Waals surface area contributed by atoms with Crippen LogP contribution in [0.1, 0.15) is 52.2 Å². The van der Waals surface area contributed by atoms with Crippen LogP contribution in [-0.2, 0) is 22.4 Å². The molecule has 0 fully saturated rings. The molecule has 2 N–H and O–H groups in total. The van der Waals surface area contributed by atoms with Gasteiger partial charge in [0.1, 0.15) is 5.00 Å². The van der Waals surface area contributed by atoms with E-state index >= 15 is 0 Å². The first kappa shape index (κ1) is 20.4. The Morgan fingerprint density at radius 2 is 1.96 bits per heavy atom. The number of amides is 1. The Morgan fingerprint density at radius 3 is 2.68 bits per heavy atom. The number of nitrogens with one attached hydrogen (secondary N) is 2. The highest BCUT2D eigenvalue weighted by molar-refractivity contribution is 7.17. The number of halogens is 2. The SMILES string of the molecule is COC(=O)c1c(NC(=O)CN[C@@H](C)c2ccc(F)c(F)c2)sc2c1CCCC2. The zero-order valence-electron chi connectivity index (χ0n) is 15.7. The topological polar surface area (TPSA) is 67.4 Å². The van der Waals surface area contributed by atoms with Crippen molar-refractivity contribution in [1.29, 1.82) is 0 Å². The smallest absolute Gasteiger partial charge is 0.341 e. The van der Waals surface area contributed by atoms with E-state index in [1.54, 1.807) is 6.92 Å². The molecule has 8 heteroatoms. The van der Waals surface area contributed by atoms with Gasteiger partial charge in [0, 0.05) is 10.9 Å². The third-order valence-electron chi connectivity index (χ3n) is 4.83. The number of ether oxygens (including phenoxy) is 1. The number of rotatable bonds is 6. The van der Waals surface area contributed by atoms with Gasteiger partial charge in [-0.1, -0.05) is 6.07 Å². The lowest BCUT2D eigenvalue weighted by atomic mass is 9.95. The fourth-order valence-corrected chi connectivity index (χ4v) is 4.58. The number of hydrogen-bond donors (Lipinski definition) is 2. The van der Waals surface area contributed by atoms with Crippen LogP contribution in [0, 0.1) is 11.6 Å². The molecular weight excluding hydrogens is 386 g/mol. The lowest BCUT2D eigenvalue weighted by Gasteiger charge is -2.14. The first-order valence-electron chi connectivity index (χ1n) is 9.11. The highest BCUT2D eigenvalue weighted by Crippen LogP contribution is 2.38. The van der Waals surface area contributed by atoms with E-state index in [0.29, 0.717) is 16.1 Å². The lowest BCUT2D eigenvalue weighted by molar-refractivity contribution is -0.115. The molecule has 1 aromatic heterocycles. The Hall–Kier alpha value is -2.32. The predicted molar refractivity (Wildman–Crippen MR) is 104 cm³/mol. The second-order valence-corrected chi connectivity index (χ2v) is 7.84. The normalized spacial score (nSPS) is 14.3. The monoisotopic (exact) mass is 408 g/mol. The minimum Gasteiger partial charge on any atom is -0.465 e. The lowest BCUT2D eigenvalue weighted by Crippen LogP contribution is -2.30. The molecule has 1 atom stereocenters. The molecule has 3 rings (SSSR count). The van der Waals surface area contributed by atoms with Crippen LogP contribution in [0.3, 0.4) is 0 Å². The minimum absolute atomic E-state index is 0.0384. The average Bonchev–Trinajstić information content (AvgIpc) is 3.05. The van der Waals surface area contributed by atoms with Crippen molar-refractivity contribution in [1.82, 2.24) is 5.32 Å². The van der Waals surface area contributed by atoms with Crippen molar-refractivity contribution >= 4 is 28.2 Å². The molecule has 1 aliphatic rings. The van der Waals surface area contributed by atoms with Crippen LogP contribution < -0.4 is 10.6 Å². The van der Waals surface area contributed by atoms with Crippen LogP contribution in [0.15, 0.2) is 18.2 Å². The van der Waals surface area contributed by atoms with Crippen LogP contribution in [0.5, 0.6) is 0 Å². The number of carbonyl (C=O) groups excluding carboxylic acids is 2. The number of carbonyl (C=O) groups is 2. The van der Waals surface area contributed by atoms with Crippen molar-refractivity contribution in [3.05, 3.63) is 51.4 Å². The molecule has 150 valence electrons. The fourth-order valence-electron chi connectivity index (χ4n) is 3.29. The second-order valence-electron chi connectivity index (χ2n) is 6.73. The molecule has 5 nitrogen and oxygen atoms in total. The third-order valence-corrected chi connectivity index (χ3v) is 6.03. The van der Waals surface area contributed by atoms with E-state index in [4.69, 9.17) is 4.74 Å². The van der Waals surface area contributed by atoms with Gasteiger partial charge in [-0.05, 0) is 55.9 Å². The first-order valence-corrected chi connectivity index (χ1v) is 9.93. The number of methoxy groups -OCH3 is 1. The molecule has 1 aliphatic carbocycles.